The molecule has 0 radical (unpaired) electrons. The van der Waals surface area contributed by atoms with Gasteiger partial charge in [-0.3, -0.25) is 9.78 Å². The van der Waals surface area contributed by atoms with Crippen LogP contribution in [0.25, 0.3) is 0 Å². The lowest BCUT2D eigenvalue weighted by molar-refractivity contribution is -0.138. The van der Waals surface area contributed by atoms with Crippen molar-refractivity contribution in [2.45, 2.75) is 20.0 Å². The van der Waals surface area contributed by atoms with Crippen molar-refractivity contribution in [3.05, 3.63) is 48.4 Å². The quantitative estimate of drug-likeness (QED) is 0.859. The van der Waals surface area contributed by atoms with E-state index < -0.39 is 6.10 Å². The number of hydrogen-bond acceptors (Lipinski definition) is 5. The van der Waals surface area contributed by atoms with Gasteiger partial charge in [-0.1, -0.05) is 12.1 Å². The van der Waals surface area contributed by atoms with Crippen LogP contribution in [0.4, 0.5) is 5.82 Å². The van der Waals surface area contributed by atoms with Gasteiger partial charge in [0.25, 0.3) is 5.91 Å². The minimum atomic E-state index is -0.491. The van der Waals surface area contributed by atoms with Crippen molar-refractivity contribution >= 4 is 11.7 Å². The van der Waals surface area contributed by atoms with Gasteiger partial charge in [0, 0.05) is 38.6 Å². The maximum Gasteiger partial charge on any atom is 0.263 e. The van der Waals surface area contributed by atoms with Crippen molar-refractivity contribution in [2.24, 2.45) is 0 Å². The molecule has 1 amide bonds. The van der Waals surface area contributed by atoms with Gasteiger partial charge in [0.15, 0.2) is 6.10 Å². The predicted octanol–water partition coefficient (Wildman–Crippen LogP) is 1.90. The molecule has 1 saturated heterocycles. The summed E-state index contributed by atoms with van der Waals surface area (Å²) < 4.78 is 5.79. The summed E-state index contributed by atoms with van der Waals surface area (Å²) in [6.45, 7) is 6.64. The maximum atomic E-state index is 12.6. The lowest BCUT2D eigenvalue weighted by Crippen LogP contribution is -2.52. The molecule has 0 spiro atoms. The first-order valence-corrected chi connectivity index (χ1v) is 8.16. The predicted molar refractivity (Wildman–Crippen MR) is 92.1 cm³/mol. The molecular weight excluding hydrogens is 304 g/mol. The van der Waals surface area contributed by atoms with Crippen molar-refractivity contribution < 1.29 is 9.53 Å². The molecule has 3 rings (SSSR count). The molecule has 6 nitrogen and oxygen atoms in total. The number of carbonyl (C=O) groups excluding carboxylic acids is 1. The molecule has 1 aromatic carbocycles. The number of aryl methyl sites for hydroxylation is 1. The summed E-state index contributed by atoms with van der Waals surface area (Å²) in [6.07, 6.45) is 4.61. The van der Waals surface area contributed by atoms with E-state index in [1.54, 1.807) is 25.5 Å². The number of nitrogens with zero attached hydrogens (tertiary/aromatic N) is 4. The van der Waals surface area contributed by atoms with Gasteiger partial charge in [0.05, 0.1) is 6.20 Å². The molecule has 1 atom stereocenters. The Labute approximate surface area is 142 Å². The molecule has 1 aliphatic heterocycles. The molecule has 0 saturated carbocycles. The first-order chi connectivity index (χ1) is 11.6. The third kappa shape index (κ3) is 3.82. The van der Waals surface area contributed by atoms with Crippen LogP contribution >= 0.6 is 0 Å². The van der Waals surface area contributed by atoms with E-state index in [1.165, 1.54) is 0 Å². The first kappa shape index (κ1) is 16.2. The fraction of sp³-hybridized carbons (Fsp3) is 0.389. The summed E-state index contributed by atoms with van der Waals surface area (Å²) in [4.78, 5) is 25.0. The second kappa shape index (κ2) is 7.29. The average Bonchev–Trinajstić information content (AvgIpc) is 2.62. The van der Waals surface area contributed by atoms with Crippen LogP contribution < -0.4 is 9.64 Å². The van der Waals surface area contributed by atoms with E-state index in [1.807, 2.05) is 36.1 Å². The summed E-state index contributed by atoms with van der Waals surface area (Å²) in [5, 5.41) is 0. The molecule has 1 fully saturated rings. The van der Waals surface area contributed by atoms with Crippen molar-refractivity contribution in [3.8, 4) is 5.75 Å². The number of anilines is 1. The highest BCUT2D eigenvalue weighted by Gasteiger charge is 2.26. The fourth-order valence-electron chi connectivity index (χ4n) is 2.81. The highest BCUT2D eigenvalue weighted by atomic mass is 16.5. The van der Waals surface area contributed by atoms with Gasteiger partial charge in [-0.25, -0.2) is 4.98 Å². The topological polar surface area (TPSA) is 58.6 Å². The lowest BCUT2D eigenvalue weighted by atomic mass is 10.2. The van der Waals surface area contributed by atoms with E-state index in [9.17, 15) is 4.79 Å². The van der Waals surface area contributed by atoms with E-state index in [4.69, 9.17) is 4.74 Å². The molecule has 1 aromatic heterocycles. The zero-order valence-corrected chi connectivity index (χ0v) is 14.1. The van der Waals surface area contributed by atoms with Crippen LogP contribution in [0, 0.1) is 6.92 Å². The van der Waals surface area contributed by atoms with Gasteiger partial charge in [-0.2, -0.15) is 0 Å². The SMILES string of the molecule is Cc1cccc(O[C@H](C)C(=O)N2CCN(c3cnccn3)CC2)c1. The Kier molecular flexibility index (Phi) is 4.93. The van der Waals surface area contributed by atoms with Crippen molar-refractivity contribution in [3.63, 3.8) is 0 Å². The highest BCUT2D eigenvalue weighted by Crippen LogP contribution is 2.16. The van der Waals surface area contributed by atoms with E-state index in [2.05, 4.69) is 14.9 Å². The third-order valence-electron chi connectivity index (χ3n) is 4.12. The summed E-state index contributed by atoms with van der Waals surface area (Å²) in [5.41, 5.74) is 1.12. The van der Waals surface area contributed by atoms with Crippen LogP contribution in [0.3, 0.4) is 0 Å². The maximum absolute atomic E-state index is 12.6. The highest BCUT2D eigenvalue weighted by molar-refractivity contribution is 5.81. The van der Waals surface area contributed by atoms with Gasteiger partial charge in [-0.15, -0.1) is 0 Å². The first-order valence-electron chi connectivity index (χ1n) is 8.16. The standard InChI is InChI=1S/C18H22N4O2/c1-14-4-3-5-16(12-14)24-15(2)18(23)22-10-8-21(9-11-22)17-13-19-6-7-20-17/h3-7,12-13,15H,8-11H2,1-2H3/t15-/m1/s1. The molecule has 126 valence electrons. The van der Waals surface area contributed by atoms with Gasteiger partial charge >= 0.3 is 0 Å². The van der Waals surface area contributed by atoms with Gasteiger partial charge in [-0.05, 0) is 31.5 Å². The number of ether oxygens (including phenoxy) is 1. The second-order valence-corrected chi connectivity index (χ2v) is 5.95. The third-order valence-corrected chi connectivity index (χ3v) is 4.12. The van der Waals surface area contributed by atoms with E-state index >= 15 is 0 Å². The van der Waals surface area contributed by atoms with Crippen molar-refractivity contribution in [1.82, 2.24) is 14.9 Å². The van der Waals surface area contributed by atoms with Gasteiger partial charge in [0.1, 0.15) is 11.6 Å². The van der Waals surface area contributed by atoms with Gasteiger partial charge in [0.2, 0.25) is 0 Å². The Bertz CT molecular complexity index is 684. The number of rotatable bonds is 4. The van der Waals surface area contributed by atoms with Crippen LogP contribution in [0.2, 0.25) is 0 Å². The largest absolute Gasteiger partial charge is 0.481 e. The van der Waals surface area contributed by atoms with Crippen LogP contribution in [0.5, 0.6) is 5.75 Å². The molecule has 0 bridgehead atoms. The number of carbonyl (C=O) groups is 1. The number of piperazine rings is 1. The molecule has 1 aliphatic rings. The molecule has 2 aromatic rings. The monoisotopic (exact) mass is 326 g/mol. The lowest BCUT2D eigenvalue weighted by Gasteiger charge is -2.36. The summed E-state index contributed by atoms with van der Waals surface area (Å²) in [7, 11) is 0. The molecule has 2 heterocycles. The molecule has 0 unspecified atom stereocenters. The number of amides is 1. The number of benzene rings is 1. The van der Waals surface area contributed by atoms with E-state index in [-0.39, 0.29) is 5.91 Å². The fourth-order valence-corrected chi connectivity index (χ4v) is 2.81. The molecule has 0 N–H and O–H groups in total. The Morgan fingerprint density at radius 2 is 2.00 bits per heavy atom. The average molecular weight is 326 g/mol. The molecule has 24 heavy (non-hydrogen) atoms. The Morgan fingerprint density at radius 1 is 1.21 bits per heavy atom. The Balaban J connectivity index is 1.55. The molecule has 6 heteroatoms. The summed E-state index contributed by atoms with van der Waals surface area (Å²) in [6, 6.07) is 7.76. The Hall–Kier alpha value is -2.63. The van der Waals surface area contributed by atoms with Crippen LogP contribution in [0.15, 0.2) is 42.9 Å². The van der Waals surface area contributed by atoms with E-state index in [0.717, 1.165) is 30.2 Å². The minimum absolute atomic E-state index is 0.0234. The number of aromatic nitrogens is 2. The van der Waals surface area contributed by atoms with Crippen molar-refractivity contribution in [2.75, 3.05) is 31.1 Å². The molecule has 0 aliphatic carbocycles. The van der Waals surface area contributed by atoms with E-state index in [0.29, 0.717) is 13.1 Å². The summed E-state index contributed by atoms with van der Waals surface area (Å²) >= 11 is 0. The van der Waals surface area contributed by atoms with Crippen LogP contribution in [0.1, 0.15) is 12.5 Å². The zero-order valence-electron chi connectivity index (χ0n) is 14.1. The zero-order chi connectivity index (χ0) is 16.9. The molecular formula is C18H22N4O2. The van der Waals surface area contributed by atoms with Crippen LogP contribution in [-0.4, -0.2) is 53.1 Å². The summed E-state index contributed by atoms with van der Waals surface area (Å²) in [5.74, 6) is 1.61. The smallest absolute Gasteiger partial charge is 0.263 e. The number of hydrogen-bond donors (Lipinski definition) is 0. The Morgan fingerprint density at radius 3 is 2.67 bits per heavy atom. The normalized spacial score (nSPS) is 15.9. The van der Waals surface area contributed by atoms with Crippen LogP contribution in [-0.2, 0) is 4.79 Å². The minimum Gasteiger partial charge on any atom is -0.481 e. The van der Waals surface area contributed by atoms with Gasteiger partial charge < -0.3 is 14.5 Å². The van der Waals surface area contributed by atoms with Crippen molar-refractivity contribution in [1.29, 1.82) is 0 Å². The second-order valence-electron chi connectivity index (χ2n) is 5.95.